The number of ketones is 1. The Bertz CT molecular complexity index is 1690. The summed E-state index contributed by atoms with van der Waals surface area (Å²) in [6.45, 7) is 15.2. The number of aromatic nitrogens is 1. The molecule has 6 rings (SSSR count). The molecule has 4 aliphatic rings. The highest BCUT2D eigenvalue weighted by molar-refractivity contribution is 5.95. The molecule has 1 saturated carbocycles. The van der Waals surface area contributed by atoms with Crippen molar-refractivity contribution in [2.24, 2.45) is 11.3 Å². The maximum atomic E-state index is 14.6. The molecule has 4 heterocycles. The molecule has 3 fully saturated rings. The van der Waals surface area contributed by atoms with Crippen LogP contribution in [0.1, 0.15) is 78.2 Å². The van der Waals surface area contributed by atoms with Crippen LogP contribution < -0.4 is 20.1 Å². The molecule has 13 heteroatoms. The Morgan fingerprint density at radius 2 is 1.89 bits per heavy atom. The number of nitrogens with one attached hydrogen (secondary N) is 2. The van der Waals surface area contributed by atoms with Crippen molar-refractivity contribution in [3.8, 4) is 11.6 Å². The first-order valence-electron chi connectivity index (χ1n) is 19.6. The van der Waals surface area contributed by atoms with Gasteiger partial charge in [0.05, 0.1) is 36.9 Å². The number of carbonyl (C=O) groups excluding carboxylic acids is 4. The lowest BCUT2D eigenvalue weighted by Crippen LogP contribution is -2.58. The molecule has 0 spiro atoms. The molecule has 3 amide bonds. The van der Waals surface area contributed by atoms with Crippen LogP contribution in [0.2, 0.25) is 0 Å². The minimum atomic E-state index is -0.993. The van der Waals surface area contributed by atoms with Crippen LogP contribution in [0.4, 0.5) is 4.79 Å². The maximum absolute atomic E-state index is 14.6. The van der Waals surface area contributed by atoms with Crippen molar-refractivity contribution < 1.29 is 38.1 Å². The molecular weight excluding hydrogens is 690 g/mol. The molecule has 2 N–H and O–H groups in total. The molecule has 6 unspecified atom stereocenters. The fourth-order valence-corrected chi connectivity index (χ4v) is 7.73. The first kappa shape index (κ1) is 39.5. The van der Waals surface area contributed by atoms with E-state index in [1.807, 2.05) is 45.0 Å². The molecule has 3 aliphatic heterocycles. The molecule has 1 aliphatic carbocycles. The van der Waals surface area contributed by atoms with Crippen LogP contribution in [0.25, 0.3) is 10.9 Å². The third-order valence-electron chi connectivity index (χ3n) is 11.0. The Morgan fingerprint density at radius 1 is 1.11 bits per heavy atom. The van der Waals surface area contributed by atoms with Gasteiger partial charge < -0.3 is 34.5 Å². The molecule has 0 radical (unpaired) electrons. The highest BCUT2D eigenvalue weighted by atomic mass is 16.6. The summed E-state index contributed by atoms with van der Waals surface area (Å²) in [7, 11) is 0. The van der Waals surface area contributed by atoms with Crippen molar-refractivity contribution in [2.75, 3.05) is 46.0 Å². The van der Waals surface area contributed by atoms with Gasteiger partial charge in [-0.1, -0.05) is 51.8 Å². The fourth-order valence-electron chi connectivity index (χ4n) is 7.73. The van der Waals surface area contributed by atoms with Gasteiger partial charge in [0.25, 0.3) is 0 Å². The van der Waals surface area contributed by atoms with Gasteiger partial charge in [0.2, 0.25) is 17.7 Å². The van der Waals surface area contributed by atoms with E-state index in [0.717, 1.165) is 74.0 Å². The molecule has 1 aromatic carbocycles. The number of fused-ring (bicyclic) bond motifs is 5. The van der Waals surface area contributed by atoms with E-state index < -0.39 is 47.6 Å². The highest BCUT2D eigenvalue weighted by Gasteiger charge is 2.47. The molecule has 2 saturated heterocycles. The smallest absolute Gasteiger partial charge is 0.408 e. The predicted molar refractivity (Wildman–Crippen MR) is 203 cm³/mol. The Labute approximate surface area is 318 Å². The van der Waals surface area contributed by atoms with Gasteiger partial charge in [-0.3, -0.25) is 19.3 Å². The van der Waals surface area contributed by atoms with Crippen molar-refractivity contribution in [3.63, 3.8) is 0 Å². The van der Waals surface area contributed by atoms with Crippen LogP contribution in [-0.2, 0) is 30.3 Å². The molecule has 294 valence electrons. The Balaban J connectivity index is 1.35. The monoisotopic (exact) mass is 747 g/mol. The van der Waals surface area contributed by atoms with Gasteiger partial charge in [-0.2, -0.15) is 0 Å². The number of carbonyl (C=O) groups is 4. The normalized spacial score (nSPS) is 26.1. The van der Waals surface area contributed by atoms with Crippen molar-refractivity contribution >= 4 is 34.6 Å². The van der Waals surface area contributed by atoms with Crippen molar-refractivity contribution in [3.05, 3.63) is 42.5 Å². The number of ether oxygens (including phenoxy) is 4. The van der Waals surface area contributed by atoms with E-state index in [0.29, 0.717) is 32.1 Å². The number of alkyl carbamates (subject to hydrolysis) is 1. The second-order valence-corrected chi connectivity index (χ2v) is 16.2. The third-order valence-corrected chi connectivity index (χ3v) is 11.0. The summed E-state index contributed by atoms with van der Waals surface area (Å²) < 4.78 is 24.8. The van der Waals surface area contributed by atoms with Gasteiger partial charge in [0.1, 0.15) is 36.6 Å². The van der Waals surface area contributed by atoms with Crippen LogP contribution in [0.15, 0.2) is 36.9 Å². The number of para-hydroxylation sites is 1. The minimum absolute atomic E-state index is 0.0677. The maximum Gasteiger partial charge on any atom is 0.408 e. The molecule has 13 nitrogen and oxygen atoms in total. The summed E-state index contributed by atoms with van der Waals surface area (Å²) in [5.74, 6) is 0.345. The molecule has 2 aromatic rings. The first-order chi connectivity index (χ1) is 25.9. The van der Waals surface area contributed by atoms with Crippen LogP contribution in [-0.4, -0.2) is 115 Å². The van der Waals surface area contributed by atoms with Crippen LogP contribution >= 0.6 is 0 Å². The largest absolute Gasteiger partial charge is 0.491 e. The second kappa shape index (κ2) is 17.5. The van der Waals surface area contributed by atoms with Gasteiger partial charge >= 0.3 is 6.09 Å². The predicted octanol–water partition coefficient (Wildman–Crippen LogP) is 4.59. The molecular formula is C41H57N5O8. The van der Waals surface area contributed by atoms with Crippen LogP contribution in [0.5, 0.6) is 11.6 Å². The molecule has 6 atom stereocenters. The van der Waals surface area contributed by atoms with Gasteiger partial charge in [0, 0.05) is 31.4 Å². The first-order valence-corrected chi connectivity index (χ1v) is 19.6. The standard InChI is InChI=1S/C41H57N5O8/c1-6-12-31(26(2)47)42-37(48)33-24-28-25-46(33)39(49)36(41(3,4)5)44-40(50)54-34-23-27(34)13-8-7-9-15-30-35(52-22-19-45-17-20-51-21-18-45)29-14-10-11-16-32(29)43-38(30)53-28/h6,10-11,14,16,27-28,31,33-34,36H,1,7-9,12-13,15,17-25H2,2-5H3,(H,42,48)(H,44,50). The van der Waals surface area contributed by atoms with Crippen molar-refractivity contribution in [1.29, 1.82) is 0 Å². The zero-order valence-corrected chi connectivity index (χ0v) is 32.3. The number of amides is 3. The highest BCUT2D eigenvalue weighted by Crippen LogP contribution is 2.40. The van der Waals surface area contributed by atoms with E-state index >= 15 is 0 Å². The average Bonchev–Trinajstić information content (AvgIpc) is 3.73. The number of pyridine rings is 1. The van der Waals surface area contributed by atoms with Gasteiger partial charge in [-0.15, -0.1) is 6.58 Å². The van der Waals surface area contributed by atoms with E-state index in [-0.39, 0.29) is 37.2 Å². The third kappa shape index (κ3) is 9.70. The summed E-state index contributed by atoms with van der Waals surface area (Å²) in [4.78, 5) is 63.1. The number of hydrogen-bond donors (Lipinski definition) is 2. The van der Waals surface area contributed by atoms with Gasteiger partial charge in [-0.25, -0.2) is 9.78 Å². The summed E-state index contributed by atoms with van der Waals surface area (Å²) in [6, 6.07) is 5.12. The SMILES string of the molecule is C=CCC(NC(=O)C1CC2CN1C(=O)C(C(C)(C)C)NC(=O)OC1CC1CCCCCc1c(nc3ccccc3c1OCCN1CCOCC1)O2)C(C)=O. The fraction of sp³-hybridized carbons (Fsp3) is 0.634. The topological polar surface area (TPSA) is 149 Å². The Hall–Kier alpha value is -4.23. The lowest BCUT2D eigenvalue weighted by atomic mass is 9.85. The average molecular weight is 748 g/mol. The van der Waals surface area contributed by atoms with E-state index in [1.165, 1.54) is 11.8 Å². The Morgan fingerprint density at radius 3 is 2.63 bits per heavy atom. The van der Waals surface area contributed by atoms with Crippen LogP contribution in [0, 0.1) is 11.3 Å². The van der Waals surface area contributed by atoms with E-state index in [9.17, 15) is 19.2 Å². The quantitative estimate of drug-likeness (QED) is 0.349. The lowest BCUT2D eigenvalue weighted by Gasteiger charge is -2.35. The minimum Gasteiger partial charge on any atom is -0.491 e. The van der Waals surface area contributed by atoms with E-state index in [4.69, 9.17) is 23.9 Å². The second-order valence-electron chi connectivity index (χ2n) is 16.2. The number of nitrogens with zero attached hydrogens (tertiary/aromatic N) is 3. The molecule has 2 bridgehead atoms. The number of rotatable bonds is 9. The zero-order chi connectivity index (χ0) is 38.4. The Kier molecular flexibility index (Phi) is 12.8. The lowest BCUT2D eigenvalue weighted by molar-refractivity contribution is -0.142. The summed E-state index contributed by atoms with van der Waals surface area (Å²) in [6.07, 6.45) is 5.79. The summed E-state index contributed by atoms with van der Waals surface area (Å²) in [5.41, 5.74) is 0.882. The van der Waals surface area contributed by atoms with E-state index in [1.54, 1.807) is 6.08 Å². The number of morpholine rings is 1. The summed E-state index contributed by atoms with van der Waals surface area (Å²) in [5, 5.41) is 6.60. The van der Waals surface area contributed by atoms with Crippen molar-refractivity contribution in [1.82, 2.24) is 25.4 Å². The van der Waals surface area contributed by atoms with Gasteiger partial charge in [-0.05, 0) is 62.5 Å². The van der Waals surface area contributed by atoms with Crippen molar-refractivity contribution in [2.45, 2.75) is 109 Å². The summed E-state index contributed by atoms with van der Waals surface area (Å²) >= 11 is 0. The van der Waals surface area contributed by atoms with Gasteiger partial charge in [0.15, 0.2) is 5.78 Å². The molecule has 1 aromatic heterocycles. The molecule has 54 heavy (non-hydrogen) atoms. The number of hydrogen-bond acceptors (Lipinski definition) is 10. The number of Topliss-reactive ketones (excluding diaryl/α,β-unsaturated/α-hetero) is 1. The van der Waals surface area contributed by atoms with E-state index in [2.05, 4.69) is 22.1 Å². The number of benzene rings is 1. The van der Waals surface area contributed by atoms with Crippen LogP contribution in [0.3, 0.4) is 0 Å². The zero-order valence-electron chi connectivity index (χ0n) is 32.3.